The number of hydrogen-bond donors (Lipinski definition) is 1. The van der Waals surface area contributed by atoms with Crippen molar-refractivity contribution in [1.29, 1.82) is 0 Å². The van der Waals surface area contributed by atoms with Crippen LogP contribution >= 0.6 is 23.4 Å². The zero-order valence-electron chi connectivity index (χ0n) is 19.9. The summed E-state index contributed by atoms with van der Waals surface area (Å²) in [4.78, 5) is 25.9. The summed E-state index contributed by atoms with van der Waals surface area (Å²) in [6.45, 7) is 1.78. The number of methoxy groups -OCH3 is 1. The first kappa shape index (κ1) is 27.4. The molecule has 0 saturated carbocycles. The standard InChI is InChI=1S/C25H25ClN2O6S2/c1-4-34-19-8-6-18(7-9-19)28(36(31,32)21-12-10-20(35-3)11-13-21)16-24(29)27-17-5-14-23(26)22(15-17)25(30)33-2/h5-15H,4,16H2,1-3H3,(H,27,29). The highest BCUT2D eigenvalue weighted by molar-refractivity contribution is 7.98. The van der Waals surface area contributed by atoms with E-state index in [-0.39, 0.29) is 26.9 Å². The van der Waals surface area contributed by atoms with E-state index in [0.717, 1.165) is 9.20 Å². The Bertz CT molecular complexity index is 1330. The van der Waals surface area contributed by atoms with Gasteiger partial charge in [0.25, 0.3) is 10.0 Å². The van der Waals surface area contributed by atoms with Gasteiger partial charge in [-0.25, -0.2) is 13.2 Å². The van der Waals surface area contributed by atoms with Gasteiger partial charge in [0.05, 0.1) is 34.9 Å². The van der Waals surface area contributed by atoms with E-state index in [0.29, 0.717) is 12.4 Å². The Kier molecular flexibility index (Phi) is 9.25. The van der Waals surface area contributed by atoms with E-state index in [1.54, 1.807) is 36.4 Å². The number of rotatable bonds is 10. The van der Waals surface area contributed by atoms with Gasteiger partial charge >= 0.3 is 5.97 Å². The van der Waals surface area contributed by atoms with Crippen molar-refractivity contribution >= 4 is 56.6 Å². The Morgan fingerprint density at radius 3 is 2.28 bits per heavy atom. The number of nitrogens with zero attached hydrogens (tertiary/aromatic N) is 1. The lowest BCUT2D eigenvalue weighted by atomic mass is 10.2. The van der Waals surface area contributed by atoms with Crippen LogP contribution in [-0.2, 0) is 19.6 Å². The fourth-order valence-electron chi connectivity index (χ4n) is 3.27. The highest BCUT2D eigenvalue weighted by atomic mass is 35.5. The Labute approximate surface area is 219 Å². The molecule has 0 unspecified atom stereocenters. The molecule has 11 heteroatoms. The smallest absolute Gasteiger partial charge is 0.339 e. The number of carbonyl (C=O) groups is 2. The summed E-state index contributed by atoms with van der Waals surface area (Å²) < 4.78 is 38.3. The van der Waals surface area contributed by atoms with E-state index < -0.39 is 28.4 Å². The maximum Gasteiger partial charge on any atom is 0.339 e. The summed E-state index contributed by atoms with van der Waals surface area (Å²) in [5, 5.41) is 2.78. The number of ether oxygens (including phenoxy) is 2. The zero-order valence-corrected chi connectivity index (χ0v) is 22.2. The Balaban J connectivity index is 1.93. The molecule has 0 aromatic heterocycles. The molecular formula is C25H25ClN2O6S2. The van der Waals surface area contributed by atoms with Gasteiger partial charge < -0.3 is 14.8 Å². The Hall–Kier alpha value is -3.21. The van der Waals surface area contributed by atoms with Crippen LogP contribution in [0.3, 0.4) is 0 Å². The van der Waals surface area contributed by atoms with Crippen LogP contribution in [0.5, 0.6) is 5.75 Å². The topological polar surface area (TPSA) is 102 Å². The SMILES string of the molecule is CCOc1ccc(N(CC(=O)Nc2ccc(Cl)c(C(=O)OC)c2)S(=O)(=O)c2ccc(SC)cc2)cc1. The van der Waals surface area contributed by atoms with E-state index in [2.05, 4.69) is 5.32 Å². The van der Waals surface area contributed by atoms with Crippen molar-refractivity contribution in [1.82, 2.24) is 0 Å². The van der Waals surface area contributed by atoms with E-state index in [1.165, 1.54) is 49.2 Å². The second-order valence-corrected chi connectivity index (χ2v) is 10.5. The summed E-state index contributed by atoms with van der Waals surface area (Å²) in [7, 11) is -2.88. The number of anilines is 2. The quantitative estimate of drug-likeness (QED) is 0.278. The largest absolute Gasteiger partial charge is 0.494 e. The molecule has 3 aromatic rings. The molecule has 0 radical (unpaired) electrons. The molecule has 0 atom stereocenters. The minimum Gasteiger partial charge on any atom is -0.494 e. The zero-order chi connectivity index (χ0) is 26.3. The number of sulfonamides is 1. The maximum absolute atomic E-state index is 13.6. The molecule has 0 saturated heterocycles. The summed E-state index contributed by atoms with van der Waals surface area (Å²) in [5.41, 5.74) is 0.619. The molecule has 0 aliphatic heterocycles. The Morgan fingerprint density at radius 1 is 1.03 bits per heavy atom. The van der Waals surface area contributed by atoms with Gasteiger partial charge in [0.15, 0.2) is 0 Å². The predicted molar refractivity (Wildman–Crippen MR) is 142 cm³/mol. The third-order valence-electron chi connectivity index (χ3n) is 5.03. The normalized spacial score (nSPS) is 11.0. The van der Waals surface area contributed by atoms with Crippen molar-refractivity contribution in [3.05, 3.63) is 77.3 Å². The molecule has 0 fully saturated rings. The minimum atomic E-state index is -4.10. The van der Waals surface area contributed by atoms with Crippen LogP contribution in [0.15, 0.2) is 76.5 Å². The lowest BCUT2D eigenvalue weighted by Crippen LogP contribution is -2.38. The Morgan fingerprint density at radius 2 is 1.69 bits per heavy atom. The minimum absolute atomic E-state index is 0.0430. The van der Waals surface area contributed by atoms with Crippen molar-refractivity contribution in [2.75, 3.05) is 36.1 Å². The number of benzene rings is 3. The van der Waals surface area contributed by atoms with Gasteiger partial charge in [-0.1, -0.05) is 11.6 Å². The van der Waals surface area contributed by atoms with Crippen LogP contribution in [0.25, 0.3) is 0 Å². The summed E-state index contributed by atoms with van der Waals surface area (Å²) in [6.07, 6.45) is 1.89. The molecule has 1 N–H and O–H groups in total. The average Bonchev–Trinajstić information content (AvgIpc) is 2.88. The average molecular weight is 549 g/mol. The van der Waals surface area contributed by atoms with Crippen LogP contribution in [0.2, 0.25) is 5.02 Å². The monoisotopic (exact) mass is 548 g/mol. The number of nitrogens with one attached hydrogen (secondary N) is 1. The molecular weight excluding hydrogens is 524 g/mol. The van der Waals surface area contributed by atoms with Crippen molar-refractivity contribution in [2.45, 2.75) is 16.7 Å². The number of hydrogen-bond acceptors (Lipinski definition) is 7. The van der Waals surface area contributed by atoms with Gasteiger partial charge in [0, 0.05) is 10.6 Å². The number of thioether (sulfide) groups is 1. The fraction of sp³-hybridized carbons (Fsp3) is 0.200. The van der Waals surface area contributed by atoms with Crippen LogP contribution in [0, 0.1) is 0 Å². The molecule has 190 valence electrons. The first-order valence-electron chi connectivity index (χ1n) is 10.8. The highest BCUT2D eigenvalue weighted by Gasteiger charge is 2.27. The van der Waals surface area contributed by atoms with Gasteiger partial charge in [0.1, 0.15) is 12.3 Å². The summed E-state index contributed by atoms with van der Waals surface area (Å²) >= 11 is 7.53. The third kappa shape index (κ3) is 6.51. The lowest BCUT2D eigenvalue weighted by Gasteiger charge is -2.24. The van der Waals surface area contributed by atoms with Gasteiger partial charge in [-0.2, -0.15) is 0 Å². The molecule has 1 amide bonds. The molecule has 0 aliphatic rings. The maximum atomic E-state index is 13.6. The van der Waals surface area contributed by atoms with Crippen LogP contribution in [-0.4, -0.2) is 46.8 Å². The summed E-state index contributed by atoms with van der Waals surface area (Å²) in [6, 6.07) is 17.1. The number of amides is 1. The van der Waals surface area contributed by atoms with Crippen molar-refractivity contribution in [3.8, 4) is 5.75 Å². The molecule has 0 spiro atoms. The van der Waals surface area contributed by atoms with Crippen molar-refractivity contribution < 1.29 is 27.5 Å². The first-order valence-corrected chi connectivity index (χ1v) is 13.8. The molecule has 8 nitrogen and oxygen atoms in total. The molecule has 3 rings (SSSR count). The van der Waals surface area contributed by atoms with Crippen LogP contribution < -0.4 is 14.4 Å². The first-order chi connectivity index (χ1) is 17.2. The van der Waals surface area contributed by atoms with Crippen molar-refractivity contribution in [2.24, 2.45) is 0 Å². The number of esters is 1. The second-order valence-electron chi connectivity index (χ2n) is 7.35. The molecule has 0 aliphatic carbocycles. The van der Waals surface area contributed by atoms with Crippen molar-refractivity contribution in [3.63, 3.8) is 0 Å². The summed E-state index contributed by atoms with van der Waals surface area (Å²) in [5.74, 6) is -0.710. The fourth-order valence-corrected chi connectivity index (χ4v) is 5.29. The van der Waals surface area contributed by atoms with Gasteiger partial charge in [-0.15, -0.1) is 11.8 Å². The molecule has 0 bridgehead atoms. The molecule has 36 heavy (non-hydrogen) atoms. The molecule has 0 heterocycles. The van der Waals surface area contributed by atoms with E-state index in [1.807, 2.05) is 13.2 Å². The van der Waals surface area contributed by atoms with Gasteiger partial charge in [-0.05, 0) is 79.9 Å². The van der Waals surface area contributed by atoms with Crippen LogP contribution in [0.4, 0.5) is 11.4 Å². The number of carbonyl (C=O) groups excluding carboxylic acids is 2. The van der Waals surface area contributed by atoms with E-state index >= 15 is 0 Å². The lowest BCUT2D eigenvalue weighted by molar-refractivity contribution is -0.114. The highest BCUT2D eigenvalue weighted by Crippen LogP contribution is 2.28. The number of halogens is 1. The second kappa shape index (κ2) is 12.2. The van der Waals surface area contributed by atoms with Crippen LogP contribution in [0.1, 0.15) is 17.3 Å². The van der Waals surface area contributed by atoms with Gasteiger partial charge in [-0.3, -0.25) is 9.10 Å². The van der Waals surface area contributed by atoms with E-state index in [4.69, 9.17) is 21.1 Å². The molecule has 3 aromatic carbocycles. The predicted octanol–water partition coefficient (Wildman–Crippen LogP) is 5.08. The van der Waals surface area contributed by atoms with E-state index in [9.17, 15) is 18.0 Å². The van der Waals surface area contributed by atoms with Gasteiger partial charge in [0.2, 0.25) is 5.91 Å². The third-order valence-corrected chi connectivity index (χ3v) is 7.89.